The third-order valence-corrected chi connectivity index (χ3v) is 2.38. The van der Waals surface area contributed by atoms with E-state index in [9.17, 15) is 0 Å². The van der Waals surface area contributed by atoms with Crippen LogP contribution in [0.3, 0.4) is 0 Å². The van der Waals surface area contributed by atoms with Crippen LogP contribution in [0.5, 0.6) is 0 Å². The number of ether oxygens (including phenoxy) is 1. The van der Waals surface area contributed by atoms with E-state index in [1.165, 1.54) is 0 Å². The third-order valence-electron chi connectivity index (χ3n) is 2.38. The van der Waals surface area contributed by atoms with E-state index in [0.29, 0.717) is 6.61 Å². The second-order valence-corrected chi connectivity index (χ2v) is 4.45. The van der Waals surface area contributed by atoms with E-state index in [2.05, 4.69) is 24.1 Å². The maximum atomic E-state index is 5.13. The molecule has 0 saturated heterocycles. The summed E-state index contributed by atoms with van der Waals surface area (Å²) < 4.78 is 7.18. The van der Waals surface area contributed by atoms with Crippen molar-refractivity contribution < 1.29 is 4.74 Å². The van der Waals surface area contributed by atoms with E-state index in [4.69, 9.17) is 4.74 Å². The van der Waals surface area contributed by atoms with E-state index in [1.807, 2.05) is 24.0 Å². The molecule has 0 radical (unpaired) electrons. The van der Waals surface area contributed by atoms with Crippen molar-refractivity contribution in [2.75, 3.05) is 20.3 Å². The van der Waals surface area contributed by atoms with Crippen molar-refractivity contribution in [3.05, 3.63) is 18.2 Å². The lowest BCUT2D eigenvalue weighted by molar-refractivity contribution is 0.129. The number of nitrogens with zero attached hydrogens (tertiary/aromatic N) is 2. The molecule has 4 nitrogen and oxygen atoms in total. The molecule has 1 rings (SSSR count). The number of aryl methyl sites for hydroxylation is 1. The van der Waals surface area contributed by atoms with Crippen molar-refractivity contribution in [1.82, 2.24) is 14.9 Å². The molecule has 0 atom stereocenters. The van der Waals surface area contributed by atoms with Gasteiger partial charge in [0.25, 0.3) is 0 Å². The molecular formula is C11H21N3O. The molecule has 0 aliphatic rings. The molecule has 0 unspecified atom stereocenters. The molecular weight excluding hydrogens is 190 g/mol. The van der Waals surface area contributed by atoms with Crippen molar-refractivity contribution in [3.63, 3.8) is 0 Å². The predicted octanol–water partition coefficient (Wildman–Crippen LogP) is 0.977. The van der Waals surface area contributed by atoms with Crippen LogP contribution in [-0.4, -0.2) is 35.4 Å². The number of nitrogens with one attached hydrogen (secondary N) is 1. The van der Waals surface area contributed by atoms with E-state index < -0.39 is 0 Å². The van der Waals surface area contributed by atoms with Crippen LogP contribution in [-0.2, 0) is 18.2 Å². The molecule has 0 amide bonds. The maximum Gasteiger partial charge on any atom is 0.109 e. The Morgan fingerprint density at radius 1 is 1.53 bits per heavy atom. The smallest absolute Gasteiger partial charge is 0.109 e. The highest BCUT2D eigenvalue weighted by atomic mass is 16.5. The van der Waals surface area contributed by atoms with Crippen LogP contribution in [0.4, 0.5) is 0 Å². The Bertz CT molecular complexity index is 294. The quantitative estimate of drug-likeness (QED) is 0.762. The Morgan fingerprint density at radius 2 is 2.27 bits per heavy atom. The van der Waals surface area contributed by atoms with Crippen LogP contribution in [0.2, 0.25) is 0 Å². The molecule has 86 valence electrons. The number of imidazole rings is 1. The Morgan fingerprint density at radius 3 is 2.80 bits per heavy atom. The van der Waals surface area contributed by atoms with Crippen molar-refractivity contribution in [2.24, 2.45) is 7.05 Å². The summed E-state index contributed by atoms with van der Waals surface area (Å²) in [5, 5.41) is 3.45. The van der Waals surface area contributed by atoms with Gasteiger partial charge in [-0.3, -0.25) is 0 Å². The zero-order valence-electron chi connectivity index (χ0n) is 10.1. The van der Waals surface area contributed by atoms with Gasteiger partial charge in [0.15, 0.2) is 0 Å². The fourth-order valence-corrected chi connectivity index (χ4v) is 1.56. The van der Waals surface area contributed by atoms with Gasteiger partial charge >= 0.3 is 0 Å². The topological polar surface area (TPSA) is 39.1 Å². The van der Waals surface area contributed by atoms with Crippen LogP contribution in [0.15, 0.2) is 12.4 Å². The second kappa shape index (κ2) is 5.28. The molecule has 0 saturated carbocycles. The van der Waals surface area contributed by atoms with Gasteiger partial charge in [-0.2, -0.15) is 0 Å². The average molecular weight is 211 g/mol. The van der Waals surface area contributed by atoms with Crippen LogP contribution >= 0.6 is 0 Å². The summed E-state index contributed by atoms with van der Waals surface area (Å²) in [4.78, 5) is 4.27. The minimum atomic E-state index is 0.0277. The molecule has 0 spiro atoms. The van der Waals surface area contributed by atoms with E-state index in [-0.39, 0.29) is 5.54 Å². The molecule has 0 aromatic carbocycles. The van der Waals surface area contributed by atoms with Crippen LogP contribution in [0.1, 0.15) is 19.7 Å². The lowest BCUT2D eigenvalue weighted by Crippen LogP contribution is -2.44. The lowest BCUT2D eigenvalue weighted by Gasteiger charge is -2.25. The first-order chi connectivity index (χ1) is 7.05. The molecule has 0 bridgehead atoms. The average Bonchev–Trinajstić information content (AvgIpc) is 2.51. The van der Waals surface area contributed by atoms with Crippen molar-refractivity contribution in [1.29, 1.82) is 0 Å². The summed E-state index contributed by atoms with van der Waals surface area (Å²) in [7, 11) is 3.74. The largest absolute Gasteiger partial charge is 0.383 e. The highest BCUT2D eigenvalue weighted by Crippen LogP contribution is 2.02. The minimum absolute atomic E-state index is 0.0277. The number of aromatic nitrogens is 2. The summed E-state index contributed by atoms with van der Waals surface area (Å²) in [6, 6.07) is 0. The fourth-order valence-electron chi connectivity index (χ4n) is 1.56. The Labute approximate surface area is 91.7 Å². The van der Waals surface area contributed by atoms with Crippen molar-refractivity contribution in [2.45, 2.75) is 25.8 Å². The first-order valence-corrected chi connectivity index (χ1v) is 5.25. The first kappa shape index (κ1) is 12.2. The van der Waals surface area contributed by atoms with Crippen LogP contribution < -0.4 is 5.32 Å². The molecule has 1 N–H and O–H groups in total. The second-order valence-electron chi connectivity index (χ2n) is 4.45. The molecule has 0 aliphatic heterocycles. The van der Waals surface area contributed by atoms with Gasteiger partial charge in [-0.1, -0.05) is 0 Å². The van der Waals surface area contributed by atoms with Gasteiger partial charge in [0, 0.05) is 45.1 Å². The zero-order valence-corrected chi connectivity index (χ0v) is 10.1. The van der Waals surface area contributed by atoms with E-state index in [1.54, 1.807) is 7.11 Å². The summed E-state index contributed by atoms with van der Waals surface area (Å²) >= 11 is 0. The molecule has 1 heterocycles. The first-order valence-electron chi connectivity index (χ1n) is 5.25. The molecule has 4 heteroatoms. The minimum Gasteiger partial charge on any atom is -0.383 e. The van der Waals surface area contributed by atoms with Gasteiger partial charge in [0.1, 0.15) is 5.82 Å². The third kappa shape index (κ3) is 4.01. The number of methoxy groups -OCH3 is 1. The van der Waals surface area contributed by atoms with Crippen molar-refractivity contribution in [3.8, 4) is 0 Å². The van der Waals surface area contributed by atoms with Gasteiger partial charge in [-0.05, 0) is 13.8 Å². The van der Waals surface area contributed by atoms with Gasteiger partial charge in [0.2, 0.25) is 0 Å². The monoisotopic (exact) mass is 211 g/mol. The summed E-state index contributed by atoms with van der Waals surface area (Å²) in [6.07, 6.45) is 4.74. The molecule has 15 heavy (non-hydrogen) atoms. The van der Waals surface area contributed by atoms with Crippen LogP contribution in [0, 0.1) is 0 Å². The highest BCUT2D eigenvalue weighted by Gasteiger charge is 2.15. The summed E-state index contributed by atoms with van der Waals surface area (Å²) in [5.41, 5.74) is 0.0277. The number of hydrogen-bond acceptors (Lipinski definition) is 3. The number of hydrogen-bond donors (Lipinski definition) is 1. The van der Waals surface area contributed by atoms with Crippen LogP contribution in [0.25, 0.3) is 0 Å². The normalized spacial score (nSPS) is 12.0. The molecule has 0 fully saturated rings. The summed E-state index contributed by atoms with van der Waals surface area (Å²) in [5.74, 6) is 1.11. The molecule has 1 aromatic rings. The fraction of sp³-hybridized carbons (Fsp3) is 0.727. The Balaban J connectivity index is 2.30. The van der Waals surface area contributed by atoms with E-state index in [0.717, 1.165) is 18.8 Å². The molecule has 1 aromatic heterocycles. The number of rotatable bonds is 6. The lowest BCUT2D eigenvalue weighted by atomic mass is 10.1. The predicted molar refractivity (Wildman–Crippen MR) is 60.9 cm³/mol. The Kier molecular flexibility index (Phi) is 4.29. The Hall–Kier alpha value is -0.870. The van der Waals surface area contributed by atoms with E-state index >= 15 is 0 Å². The van der Waals surface area contributed by atoms with Gasteiger partial charge < -0.3 is 14.6 Å². The SMILES string of the molecule is COCC(C)(C)NCCc1nccn1C. The maximum absolute atomic E-state index is 5.13. The van der Waals surface area contributed by atoms with Gasteiger partial charge in [-0.25, -0.2) is 4.98 Å². The van der Waals surface area contributed by atoms with Gasteiger partial charge in [-0.15, -0.1) is 0 Å². The standard InChI is InChI=1S/C11H21N3O/c1-11(2,9-15-4)13-6-5-10-12-7-8-14(10)3/h7-8,13H,5-6,9H2,1-4H3. The zero-order chi connectivity index (χ0) is 11.3. The summed E-state index contributed by atoms with van der Waals surface area (Å²) in [6.45, 7) is 5.90. The van der Waals surface area contributed by atoms with Gasteiger partial charge in [0.05, 0.1) is 6.61 Å². The molecule has 0 aliphatic carbocycles. The highest BCUT2D eigenvalue weighted by molar-refractivity contribution is 4.92. The van der Waals surface area contributed by atoms with Crippen molar-refractivity contribution >= 4 is 0 Å².